The second kappa shape index (κ2) is 14.9. The number of halogens is 1. The molecule has 0 atom stereocenters. The maximum Gasteiger partial charge on any atom is 0.253 e. The summed E-state index contributed by atoms with van der Waals surface area (Å²) in [5.74, 6) is 0.0469. The van der Waals surface area contributed by atoms with Crippen molar-refractivity contribution in [3.8, 4) is 0 Å². The van der Waals surface area contributed by atoms with Crippen LogP contribution in [0.4, 0.5) is 0 Å². The highest BCUT2D eigenvalue weighted by molar-refractivity contribution is 9.10. The van der Waals surface area contributed by atoms with E-state index in [4.69, 9.17) is 0 Å². The van der Waals surface area contributed by atoms with Gasteiger partial charge in [-0.15, -0.1) is 0 Å². The monoisotopic (exact) mass is 487 g/mol. The first-order chi connectivity index (χ1) is 14.9. The number of benzene rings is 1. The molecule has 2 heterocycles. The van der Waals surface area contributed by atoms with Crippen LogP contribution in [0.5, 0.6) is 0 Å². The van der Waals surface area contributed by atoms with E-state index < -0.39 is 0 Å². The van der Waals surface area contributed by atoms with Gasteiger partial charge in [-0.2, -0.15) is 0 Å². The van der Waals surface area contributed by atoms with Crippen LogP contribution >= 0.6 is 15.9 Å². The van der Waals surface area contributed by atoms with E-state index in [0.717, 1.165) is 22.3 Å². The number of nitrogens with zero attached hydrogens (tertiary/aromatic N) is 3. The molecule has 3 rings (SSSR count). The molecule has 0 saturated carbocycles. The Hall–Kier alpha value is -1.98. The summed E-state index contributed by atoms with van der Waals surface area (Å²) in [4.78, 5) is 19.7. The van der Waals surface area contributed by atoms with Gasteiger partial charge >= 0.3 is 0 Å². The minimum atomic E-state index is 0.0469. The molecule has 2 aromatic rings. The molecule has 1 amide bonds. The first-order valence-electron chi connectivity index (χ1n) is 11.2. The number of likely N-dealkylation sites (tertiary alicyclic amines) is 1. The molecule has 1 fully saturated rings. The molecule has 5 heteroatoms. The van der Waals surface area contributed by atoms with Gasteiger partial charge in [-0.05, 0) is 58.0 Å². The molecule has 0 unspecified atom stereocenters. The zero-order valence-corrected chi connectivity index (χ0v) is 21.6. The van der Waals surface area contributed by atoms with Gasteiger partial charge in [0, 0.05) is 48.1 Å². The molecule has 31 heavy (non-hydrogen) atoms. The highest BCUT2D eigenvalue weighted by Crippen LogP contribution is 2.22. The van der Waals surface area contributed by atoms with Gasteiger partial charge in [0.05, 0.1) is 0 Å². The number of hydrogen-bond donors (Lipinski definition) is 0. The minimum Gasteiger partial charge on any atom is -0.345 e. The Bertz CT molecular complexity index is 792. The Labute approximate surface area is 197 Å². The average molecular weight is 489 g/mol. The third-order valence-electron chi connectivity index (χ3n) is 4.88. The van der Waals surface area contributed by atoms with Gasteiger partial charge in [-0.1, -0.05) is 66.0 Å². The molecule has 1 aliphatic heterocycles. The zero-order valence-electron chi connectivity index (χ0n) is 20.0. The standard InChI is InChI=1S/C15H21BrN2.C9H11NO.C2H6/c1-12(11-18-8-4-3-5-9-18)10-14-13(2)17-7-6-15(14)16;1-10(2)9(11)8-6-4-3-5-7-8;1-2/h6-7,10H,3-5,8-9,11H2,1-2H3;3-7H,1-2H3;1-2H3/b12-10+;;. The molecule has 0 N–H and O–H groups in total. The molecule has 1 aliphatic rings. The van der Waals surface area contributed by atoms with E-state index in [0.29, 0.717) is 0 Å². The lowest BCUT2D eigenvalue weighted by Gasteiger charge is -2.26. The summed E-state index contributed by atoms with van der Waals surface area (Å²) >= 11 is 3.60. The van der Waals surface area contributed by atoms with E-state index in [2.05, 4.69) is 45.7 Å². The van der Waals surface area contributed by atoms with Crippen molar-refractivity contribution in [3.63, 3.8) is 0 Å². The lowest BCUT2D eigenvalue weighted by atomic mass is 10.1. The van der Waals surface area contributed by atoms with Gasteiger partial charge in [0.2, 0.25) is 0 Å². The van der Waals surface area contributed by atoms with Crippen molar-refractivity contribution < 1.29 is 4.79 Å². The Kier molecular flexibility index (Phi) is 13.0. The largest absolute Gasteiger partial charge is 0.345 e. The van der Waals surface area contributed by atoms with Crippen molar-refractivity contribution in [1.29, 1.82) is 0 Å². The normalized spacial score (nSPS) is 14.0. The topological polar surface area (TPSA) is 36.4 Å². The van der Waals surface area contributed by atoms with Gasteiger partial charge in [-0.3, -0.25) is 14.7 Å². The third-order valence-corrected chi connectivity index (χ3v) is 5.57. The van der Waals surface area contributed by atoms with Crippen LogP contribution in [-0.2, 0) is 0 Å². The predicted molar refractivity (Wildman–Crippen MR) is 136 cm³/mol. The van der Waals surface area contributed by atoms with Crippen molar-refractivity contribution in [2.75, 3.05) is 33.7 Å². The van der Waals surface area contributed by atoms with Gasteiger partial charge in [0.25, 0.3) is 5.91 Å². The number of carbonyl (C=O) groups is 1. The SMILES string of the molecule is C/C(=C\c1c(Br)ccnc1C)CN1CCCCC1.CC.CN(C)C(=O)c1ccccc1. The lowest BCUT2D eigenvalue weighted by Crippen LogP contribution is -2.31. The summed E-state index contributed by atoms with van der Waals surface area (Å²) in [5, 5.41) is 0. The molecule has 0 aliphatic carbocycles. The Morgan fingerprint density at radius 2 is 1.71 bits per heavy atom. The van der Waals surface area contributed by atoms with Crippen LogP contribution < -0.4 is 0 Å². The molecular weight excluding hydrogens is 450 g/mol. The smallest absolute Gasteiger partial charge is 0.253 e. The second-order valence-corrected chi connectivity index (χ2v) is 8.54. The zero-order chi connectivity index (χ0) is 23.2. The Balaban J connectivity index is 0.000000317. The van der Waals surface area contributed by atoms with Gasteiger partial charge in [0.1, 0.15) is 0 Å². The van der Waals surface area contributed by atoms with Crippen LogP contribution in [0.2, 0.25) is 0 Å². The predicted octanol–water partition coefficient (Wildman–Crippen LogP) is 6.46. The van der Waals surface area contributed by atoms with Crippen molar-refractivity contribution in [1.82, 2.24) is 14.8 Å². The molecule has 1 saturated heterocycles. The van der Waals surface area contributed by atoms with E-state index in [9.17, 15) is 4.79 Å². The summed E-state index contributed by atoms with van der Waals surface area (Å²) in [7, 11) is 3.49. The van der Waals surface area contributed by atoms with Crippen LogP contribution in [0.3, 0.4) is 0 Å². The highest BCUT2D eigenvalue weighted by Gasteiger charge is 2.10. The highest BCUT2D eigenvalue weighted by atomic mass is 79.9. The van der Waals surface area contributed by atoms with Crippen molar-refractivity contribution >= 4 is 27.9 Å². The van der Waals surface area contributed by atoms with Gasteiger partial charge < -0.3 is 4.90 Å². The summed E-state index contributed by atoms with van der Waals surface area (Å²) < 4.78 is 1.13. The number of hydrogen-bond acceptors (Lipinski definition) is 3. The van der Waals surface area contributed by atoms with Crippen molar-refractivity contribution in [2.24, 2.45) is 0 Å². The minimum absolute atomic E-state index is 0.0469. The van der Waals surface area contributed by atoms with E-state index in [1.165, 1.54) is 43.5 Å². The van der Waals surface area contributed by atoms with Crippen molar-refractivity contribution in [2.45, 2.75) is 47.0 Å². The quantitative estimate of drug-likeness (QED) is 0.496. The number of piperidine rings is 1. The Morgan fingerprint density at radius 1 is 1.10 bits per heavy atom. The van der Waals surface area contributed by atoms with Crippen LogP contribution in [0.1, 0.15) is 61.6 Å². The number of carbonyl (C=O) groups excluding carboxylic acids is 1. The number of amides is 1. The fourth-order valence-electron chi connectivity index (χ4n) is 3.32. The molecule has 0 radical (unpaired) electrons. The van der Waals surface area contributed by atoms with Gasteiger partial charge in [-0.25, -0.2) is 0 Å². The number of aromatic nitrogens is 1. The number of aryl methyl sites for hydroxylation is 1. The molecule has 1 aromatic heterocycles. The van der Waals surface area contributed by atoms with Crippen molar-refractivity contribution in [3.05, 3.63) is 69.5 Å². The van der Waals surface area contributed by atoms with E-state index >= 15 is 0 Å². The molecule has 0 bridgehead atoms. The summed E-state index contributed by atoms with van der Waals surface area (Å²) in [6, 6.07) is 11.2. The molecule has 0 spiro atoms. The number of rotatable bonds is 4. The van der Waals surface area contributed by atoms with Crippen LogP contribution in [-0.4, -0.2) is 54.4 Å². The summed E-state index contributed by atoms with van der Waals surface area (Å²) in [5.41, 5.74) is 4.44. The van der Waals surface area contributed by atoms with Crippen LogP contribution in [0.15, 0.2) is 52.6 Å². The Morgan fingerprint density at radius 3 is 2.26 bits per heavy atom. The maximum absolute atomic E-state index is 11.3. The molecule has 170 valence electrons. The number of pyridine rings is 1. The fourth-order valence-corrected chi connectivity index (χ4v) is 3.84. The lowest BCUT2D eigenvalue weighted by molar-refractivity contribution is 0.0827. The summed E-state index contributed by atoms with van der Waals surface area (Å²) in [6.07, 6.45) is 8.20. The fraction of sp³-hybridized carbons (Fsp3) is 0.462. The van der Waals surface area contributed by atoms with E-state index in [-0.39, 0.29) is 5.91 Å². The maximum atomic E-state index is 11.3. The molecule has 4 nitrogen and oxygen atoms in total. The molecule has 1 aromatic carbocycles. The van der Waals surface area contributed by atoms with Gasteiger partial charge in [0.15, 0.2) is 0 Å². The second-order valence-electron chi connectivity index (χ2n) is 7.68. The van der Waals surface area contributed by atoms with E-state index in [1.54, 1.807) is 19.0 Å². The van der Waals surface area contributed by atoms with E-state index in [1.807, 2.05) is 56.4 Å². The first-order valence-corrected chi connectivity index (χ1v) is 11.9. The first kappa shape index (κ1) is 27.1. The molecular formula is C26H38BrN3O. The van der Waals surface area contributed by atoms with Crippen LogP contribution in [0.25, 0.3) is 6.08 Å². The average Bonchev–Trinajstić information content (AvgIpc) is 2.79. The van der Waals surface area contributed by atoms with Crippen LogP contribution in [0, 0.1) is 6.92 Å². The summed E-state index contributed by atoms with van der Waals surface area (Å²) in [6.45, 7) is 11.9. The third kappa shape index (κ3) is 9.79.